The molecular weight excluding hydrogens is 207 g/mol. The summed E-state index contributed by atoms with van der Waals surface area (Å²) >= 11 is 0. The van der Waals surface area contributed by atoms with E-state index in [0.29, 0.717) is 24.1 Å². The lowest BCUT2D eigenvalue weighted by atomic mass is 10.2. The van der Waals surface area contributed by atoms with E-state index in [1.165, 1.54) is 4.90 Å². The molecule has 0 aromatic heterocycles. The highest BCUT2D eigenvalue weighted by molar-refractivity contribution is 5.96. The second-order valence-electron chi connectivity index (χ2n) is 3.77. The SMILES string of the molecule is N#Cc1cccc(N2C(=O)CC[C@H]2CF)c1. The Labute approximate surface area is 93.1 Å². The molecule has 1 aliphatic rings. The molecule has 1 aromatic rings. The molecule has 4 heteroatoms. The van der Waals surface area contributed by atoms with Gasteiger partial charge in [0.05, 0.1) is 17.7 Å². The number of amides is 1. The maximum absolute atomic E-state index is 12.7. The molecule has 0 N–H and O–H groups in total. The van der Waals surface area contributed by atoms with Crippen molar-refractivity contribution in [3.63, 3.8) is 0 Å². The maximum Gasteiger partial charge on any atom is 0.227 e. The first-order valence-corrected chi connectivity index (χ1v) is 5.14. The van der Waals surface area contributed by atoms with Crippen LogP contribution in [-0.4, -0.2) is 18.6 Å². The fraction of sp³-hybridized carbons (Fsp3) is 0.333. The summed E-state index contributed by atoms with van der Waals surface area (Å²) in [5.74, 6) is -0.0715. The van der Waals surface area contributed by atoms with Gasteiger partial charge in [0.2, 0.25) is 5.91 Å². The van der Waals surface area contributed by atoms with Gasteiger partial charge in [0.25, 0.3) is 0 Å². The van der Waals surface area contributed by atoms with E-state index in [0.717, 1.165) is 0 Å². The van der Waals surface area contributed by atoms with Gasteiger partial charge < -0.3 is 4.90 Å². The van der Waals surface area contributed by atoms with Gasteiger partial charge in [0.1, 0.15) is 6.67 Å². The highest BCUT2D eigenvalue weighted by Gasteiger charge is 2.31. The second kappa shape index (κ2) is 4.31. The van der Waals surface area contributed by atoms with Gasteiger partial charge in [-0.1, -0.05) is 6.07 Å². The molecule has 1 fully saturated rings. The summed E-state index contributed by atoms with van der Waals surface area (Å²) in [7, 11) is 0. The van der Waals surface area contributed by atoms with Crippen molar-refractivity contribution >= 4 is 11.6 Å². The summed E-state index contributed by atoms with van der Waals surface area (Å²) in [5, 5.41) is 8.77. The molecule has 1 saturated heterocycles. The lowest BCUT2D eigenvalue weighted by molar-refractivity contribution is -0.117. The molecule has 0 radical (unpaired) electrons. The van der Waals surface area contributed by atoms with E-state index in [2.05, 4.69) is 0 Å². The van der Waals surface area contributed by atoms with Gasteiger partial charge in [0.15, 0.2) is 0 Å². The van der Waals surface area contributed by atoms with Gasteiger partial charge in [-0.25, -0.2) is 4.39 Å². The largest absolute Gasteiger partial charge is 0.307 e. The Bertz CT molecular complexity index is 453. The minimum atomic E-state index is -0.539. The Balaban J connectivity index is 2.35. The van der Waals surface area contributed by atoms with Crippen LogP contribution in [-0.2, 0) is 4.79 Å². The third kappa shape index (κ3) is 1.76. The second-order valence-corrected chi connectivity index (χ2v) is 3.77. The van der Waals surface area contributed by atoms with Crippen molar-refractivity contribution < 1.29 is 9.18 Å². The van der Waals surface area contributed by atoms with Crippen LogP contribution in [0, 0.1) is 11.3 Å². The van der Waals surface area contributed by atoms with E-state index < -0.39 is 6.67 Å². The minimum absolute atomic E-state index is 0.0715. The van der Waals surface area contributed by atoms with Crippen LogP contribution in [0.3, 0.4) is 0 Å². The Morgan fingerprint density at radius 1 is 1.56 bits per heavy atom. The number of anilines is 1. The van der Waals surface area contributed by atoms with E-state index in [1.807, 2.05) is 6.07 Å². The number of carbonyl (C=O) groups is 1. The molecule has 3 nitrogen and oxygen atoms in total. The van der Waals surface area contributed by atoms with Crippen molar-refractivity contribution in [1.29, 1.82) is 5.26 Å². The van der Waals surface area contributed by atoms with E-state index in [9.17, 15) is 9.18 Å². The van der Waals surface area contributed by atoms with E-state index in [4.69, 9.17) is 5.26 Å². The quantitative estimate of drug-likeness (QED) is 0.762. The first kappa shape index (κ1) is 10.6. The number of alkyl halides is 1. The standard InChI is InChI=1S/C12H11FN2O/c13-7-11-4-5-12(16)15(11)10-3-1-2-9(6-10)8-14/h1-3,6,11H,4-5,7H2/t11-/m0/s1. The van der Waals surface area contributed by atoms with Crippen molar-refractivity contribution in [2.75, 3.05) is 11.6 Å². The summed E-state index contributed by atoms with van der Waals surface area (Å²) < 4.78 is 12.7. The van der Waals surface area contributed by atoms with Gasteiger partial charge in [-0.15, -0.1) is 0 Å². The molecule has 0 aliphatic carbocycles. The number of nitrogens with zero attached hydrogens (tertiary/aromatic N) is 2. The van der Waals surface area contributed by atoms with Crippen LogP contribution in [0.1, 0.15) is 18.4 Å². The van der Waals surface area contributed by atoms with Crippen molar-refractivity contribution in [3.05, 3.63) is 29.8 Å². The minimum Gasteiger partial charge on any atom is -0.307 e. The van der Waals surface area contributed by atoms with Gasteiger partial charge in [0, 0.05) is 12.1 Å². The van der Waals surface area contributed by atoms with Crippen molar-refractivity contribution in [1.82, 2.24) is 0 Å². The Morgan fingerprint density at radius 2 is 2.38 bits per heavy atom. The van der Waals surface area contributed by atoms with Gasteiger partial charge in [-0.3, -0.25) is 4.79 Å². The maximum atomic E-state index is 12.7. The molecule has 1 aromatic carbocycles. The molecule has 1 aliphatic heterocycles. The van der Waals surface area contributed by atoms with E-state index in [-0.39, 0.29) is 11.9 Å². The topological polar surface area (TPSA) is 44.1 Å². The van der Waals surface area contributed by atoms with Gasteiger partial charge in [-0.2, -0.15) is 5.26 Å². The summed E-state index contributed by atoms with van der Waals surface area (Å²) in [6.07, 6.45) is 0.928. The lowest BCUT2D eigenvalue weighted by Gasteiger charge is -2.22. The molecule has 1 atom stereocenters. The monoisotopic (exact) mass is 218 g/mol. The lowest BCUT2D eigenvalue weighted by Crippen LogP contribution is -2.34. The summed E-state index contributed by atoms with van der Waals surface area (Å²) in [6.45, 7) is -0.539. The summed E-state index contributed by atoms with van der Waals surface area (Å²) in [5.41, 5.74) is 1.10. The first-order valence-electron chi connectivity index (χ1n) is 5.14. The Hall–Kier alpha value is -1.89. The van der Waals surface area contributed by atoms with Crippen LogP contribution < -0.4 is 4.90 Å². The molecule has 16 heavy (non-hydrogen) atoms. The summed E-state index contributed by atoms with van der Waals surface area (Å²) in [4.78, 5) is 13.1. The molecular formula is C12H11FN2O. The van der Waals surface area contributed by atoms with Crippen molar-refractivity contribution in [2.45, 2.75) is 18.9 Å². The zero-order valence-corrected chi connectivity index (χ0v) is 8.69. The number of nitriles is 1. The number of hydrogen-bond donors (Lipinski definition) is 0. The van der Waals surface area contributed by atoms with Crippen LogP contribution in [0.15, 0.2) is 24.3 Å². The van der Waals surface area contributed by atoms with Crippen LogP contribution in [0.4, 0.5) is 10.1 Å². The van der Waals surface area contributed by atoms with Crippen molar-refractivity contribution in [3.8, 4) is 6.07 Å². The molecule has 1 heterocycles. The van der Waals surface area contributed by atoms with E-state index >= 15 is 0 Å². The number of benzene rings is 1. The normalized spacial score (nSPS) is 19.9. The molecule has 0 bridgehead atoms. The number of rotatable bonds is 2. The predicted octanol–water partition coefficient (Wildman–Crippen LogP) is 2.02. The molecule has 0 spiro atoms. The number of carbonyl (C=O) groups excluding carboxylic acids is 1. The van der Waals surface area contributed by atoms with Crippen LogP contribution in [0.2, 0.25) is 0 Å². The predicted molar refractivity (Wildman–Crippen MR) is 57.6 cm³/mol. The highest BCUT2D eigenvalue weighted by Crippen LogP contribution is 2.27. The average Bonchev–Trinajstić information content (AvgIpc) is 2.70. The molecule has 1 amide bonds. The first-order chi connectivity index (χ1) is 7.76. The number of halogens is 1. The van der Waals surface area contributed by atoms with Crippen LogP contribution in [0.25, 0.3) is 0 Å². The van der Waals surface area contributed by atoms with Gasteiger partial charge in [-0.05, 0) is 24.6 Å². The molecule has 0 unspecified atom stereocenters. The van der Waals surface area contributed by atoms with Crippen molar-refractivity contribution in [2.24, 2.45) is 0 Å². The molecule has 0 saturated carbocycles. The smallest absolute Gasteiger partial charge is 0.227 e. The average molecular weight is 218 g/mol. The third-order valence-electron chi connectivity index (χ3n) is 2.76. The molecule has 82 valence electrons. The van der Waals surface area contributed by atoms with Crippen LogP contribution in [0.5, 0.6) is 0 Å². The third-order valence-corrected chi connectivity index (χ3v) is 2.76. The summed E-state index contributed by atoms with van der Waals surface area (Å²) in [6, 6.07) is 8.34. The fourth-order valence-electron chi connectivity index (χ4n) is 1.97. The zero-order valence-electron chi connectivity index (χ0n) is 8.69. The highest BCUT2D eigenvalue weighted by atomic mass is 19.1. The fourth-order valence-corrected chi connectivity index (χ4v) is 1.97. The molecule has 2 rings (SSSR count). The zero-order chi connectivity index (χ0) is 11.5. The number of hydrogen-bond acceptors (Lipinski definition) is 2. The van der Waals surface area contributed by atoms with Gasteiger partial charge >= 0.3 is 0 Å². The van der Waals surface area contributed by atoms with E-state index in [1.54, 1.807) is 24.3 Å². The Morgan fingerprint density at radius 3 is 3.06 bits per heavy atom. The Kier molecular flexibility index (Phi) is 2.86. The van der Waals surface area contributed by atoms with Crippen LogP contribution >= 0.6 is 0 Å².